The maximum absolute atomic E-state index is 10.9. The molecule has 0 saturated heterocycles. The first-order valence-corrected chi connectivity index (χ1v) is 8.92. The van der Waals surface area contributed by atoms with Crippen molar-refractivity contribution in [3.05, 3.63) is 33.9 Å². The number of hydrogen-bond donors (Lipinski definition) is 0. The predicted molar refractivity (Wildman–Crippen MR) is 76.3 cm³/mol. The molecule has 0 atom stereocenters. The van der Waals surface area contributed by atoms with Gasteiger partial charge in [-0.15, -0.1) is 0 Å². The first-order chi connectivity index (χ1) is 8.58. The van der Waals surface area contributed by atoms with Gasteiger partial charge in [-0.2, -0.15) is 0 Å². The molecule has 1 aromatic carbocycles. The van der Waals surface area contributed by atoms with E-state index in [9.17, 15) is 14.9 Å². The highest BCUT2D eigenvalue weighted by Gasteiger charge is 2.39. The first-order valence-electron chi connectivity index (χ1n) is 6.01. The van der Waals surface area contributed by atoms with E-state index in [0.29, 0.717) is 12.0 Å². The summed E-state index contributed by atoms with van der Waals surface area (Å²) in [6, 6.07) is 4.30. The zero-order valence-corrected chi connectivity index (χ0v) is 12.9. The first kappa shape index (κ1) is 15.4. The standard InChI is InChI=1S/C13H19NO4Si/c1-13(2,3)19(4,5)18-11-6-7-12(14(16)17)10(8-11)9-15/h6-9H,1-5H3. The molecule has 0 heterocycles. The minimum absolute atomic E-state index is 0.0239. The molecule has 0 radical (unpaired) electrons. The van der Waals surface area contributed by atoms with E-state index >= 15 is 0 Å². The molecular weight excluding hydrogens is 262 g/mol. The molecule has 0 bridgehead atoms. The molecule has 0 spiro atoms. The van der Waals surface area contributed by atoms with Crippen LogP contribution in [0.25, 0.3) is 0 Å². The predicted octanol–water partition coefficient (Wildman–Crippen LogP) is 3.79. The molecule has 0 aliphatic heterocycles. The number of benzene rings is 1. The number of carbonyl (C=O) groups is 1. The normalized spacial score (nSPS) is 12.1. The van der Waals surface area contributed by atoms with Crippen molar-refractivity contribution in [3.63, 3.8) is 0 Å². The monoisotopic (exact) mass is 281 g/mol. The Morgan fingerprint density at radius 1 is 1.32 bits per heavy atom. The van der Waals surface area contributed by atoms with Crippen LogP contribution in [-0.4, -0.2) is 19.5 Å². The van der Waals surface area contributed by atoms with Crippen LogP contribution in [0.4, 0.5) is 5.69 Å². The molecule has 0 aliphatic carbocycles. The van der Waals surface area contributed by atoms with Crippen LogP contribution >= 0.6 is 0 Å². The summed E-state index contributed by atoms with van der Waals surface area (Å²) in [6.45, 7) is 10.5. The maximum atomic E-state index is 10.9. The second kappa shape index (κ2) is 5.12. The number of nitrogens with zero attached hydrogens (tertiary/aromatic N) is 1. The molecule has 5 nitrogen and oxygen atoms in total. The molecule has 19 heavy (non-hydrogen) atoms. The van der Waals surface area contributed by atoms with Gasteiger partial charge in [-0.3, -0.25) is 14.9 Å². The van der Waals surface area contributed by atoms with E-state index < -0.39 is 13.2 Å². The maximum Gasteiger partial charge on any atom is 0.280 e. The Bertz CT molecular complexity index is 506. The number of rotatable bonds is 4. The van der Waals surface area contributed by atoms with Crippen LogP contribution in [0.2, 0.25) is 18.1 Å². The van der Waals surface area contributed by atoms with Gasteiger partial charge in [-0.05, 0) is 30.3 Å². The largest absolute Gasteiger partial charge is 0.543 e. The summed E-state index contributed by atoms with van der Waals surface area (Å²) in [7, 11) is -2.01. The van der Waals surface area contributed by atoms with E-state index in [0.717, 1.165) is 0 Å². The molecule has 0 unspecified atom stereocenters. The van der Waals surface area contributed by atoms with Gasteiger partial charge in [-0.25, -0.2) is 0 Å². The summed E-state index contributed by atoms with van der Waals surface area (Å²) in [5, 5.41) is 10.8. The van der Waals surface area contributed by atoms with Crippen molar-refractivity contribution in [1.82, 2.24) is 0 Å². The lowest BCUT2D eigenvalue weighted by Gasteiger charge is -2.36. The van der Waals surface area contributed by atoms with Gasteiger partial charge >= 0.3 is 0 Å². The molecule has 0 N–H and O–H groups in total. The zero-order chi connectivity index (χ0) is 14.8. The van der Waals surface area contributed by atoms with Crippen molar-refractivity contribution in [1.29, 1.82) is 0 Å². The van der Waals surface area contributed by atoms with Crippen LogP contribution in [0, 0.1) is 10.1 Å². The molecule has 1 rings (SSSR count). The number of carbonyl (C=O) groups excluding carboxylic acids is 1. The molecule has 104 valence electrons. The Morgan fingerprint density at radius 3 is 2.32 bits per heavy atom. The van der Waals surface area contributed by atoms with Crippen LogP contribution in [0.3, 0.4) is 0 Å². The van der Waals surface area contributed by atoms with Crippen molar-refractivity contribution in [2.24, 2.45) is 0 Å². The van der Waals surface area contributed by atoms with Gasteiger partial charge < -0.3 is 4.43 Å². The second-order valence-corrected chi connectivity index (χ2v) is 10.7. The Balaban J connectivity index is 3.11. The molecule has 1 aromatic rings. The Morgan fingerprint density at radius 2 is 1.89 bits per heavy atom. The van der Waals surface area contributed by atoms with Gasteiger partial charge in [0.25, 0.3) is 5.69 Å². The molecule has 0 aliphatic rings. The number of nitro benzene ring substituents is 1. The SMILES string of the molecule is CC(C)(C)[Si](C)(C)Oc1ccc([N+](=O)[O-])c(C=O)c1. The van der Waals surface area contributed by atoms with Crippen LogP contribution in [0.15, 0.2) is 18.2 Å². The van der Waals surface area contributed by atoms with Crippen LogP contribution in [-0.2, 0) is 0 Å². The fourth-order valence-electron chi connectivity index (χ4n) is 1.30. The summed E-state index contributed by atoms with van der Waals surface area (Å²) in [4.78, 5) is 21.1. The summed E-state index contributed by atoms with van der Waals surface area (Å²) in [5.74, 6) is 0.513. The zero-order valence-electron chi connectivity index (χ0n) is 11.9. The van der Waals surface area contributed by atoms with Crippen molar-refractivity contribution in [2.75, 3.05) is 0 Å². The Kier molecular flexibility index (Phi) is 4.14. The molecule has 0 amide bonds. The topological polar surface area (TPSA) is 69.4 Å². The fourth-order valence-corrected chi connectivity index (χ4v) is 2.33. The lowest BCUT2D eigenvalue weighted by atomic mass is 10.2. The van der Waals surface area contributed by atoms with Crippen LogP contribution < -0.4 is 4.43 Å². The van der Waals surface area contributed by atoms with E-state index in [1.807, 2.05) is 0 Å². The van der Waals surface area contributed by atoms with Crippen LogP contribution in [0.5, 0.6) is 5.75 Å². The highest BCUT2D eigenvalue weighted by atomic mass is 28.4. The fraction of sp³-hybridized carbons (Fsp3) is 0.462. The van der Waals surface area contributed by atoms with E-state index in [1.54, 1.807) is 6.07 Å². The summed E-state index contributed by atoms with van der Waals surface area (Å²) in [6.07, 6.45) is 0.483. The van der Waals surface area contributed by atoms with Gasteiger partial charge in [0, 0.05) is 6.07 Å². The van der Waals surface area contributed by atoms with Crippen molar-refractivity contribution < 1.29 is 14.1 Å². The minimum atomic E-state index is -2.01. The quantitative estimate of drug-likeness (QED) is 0.364. The van der Waals surface area contributed by atoms with E-state index in [4.69, 9.17) is 4.43 Å². The number of aldehydes is 1. The van der Waals surface area contributed by atoms with Gasteiger partial charge in [0.2, 0.25) is 8.32 Å². The number of hydrogen-bond acceptors (Lipinski definition) is 4. The van der Waals surface area contributed by atoms with Gasteiger partial charge in [0.05, 0.1) is 10.5 Å². The molecule has 0 aromatic heterocycles. The van der Waals surface area contributed by atoms with E-state index in [2.05, 4.69) is 33.9 Å². The highest BCUT2D eigenvalue weighted by Crippen LogP contribution is 2.37. The molecule has 0 saturated carbocycles. The summed E-state index contributed by atoms with van der Waals surface area (Å²) in [5.41, 5.74) is -0.154. The Hall–Kier alpha value is -1.69. The molecule has 0 fully saturated rings. The average Bonchev–Trinajstić information content (AvgIpc) is 2.26. The average molecular weight is 281 g/mol. The van der Waals surface area contributed by atoms with Crippen molar-refractivity contribution >= 4 is 20.3 Å². The van der Waals surface area contributed by atoms with E-state index in [1.165, 1.54) is 12.1 Å². The lowest BCUT2D eigenvalue weighted by Crippen LogP contribution is -2.43. The highest BCUT2D eigenvalue weighted by molar-refractivity contribution is 6.74. The van der Waals surface area contributed by atoms with Crippen LogP contribution in [0.1, 0.15) is 31.1 Å². The van der Waals surface area contributed by atoms with Gasteiger partial charge in [0.1, 0.15) is 5.75 Å². The third-order valence-electron chi connectivity index (χ3n) is 3.50. The van der Waals surface area contributed by atoms with Gasteiger partial charge in [0.15, 0.2) is 6.29 Å². The van der Waals surface area contributed by atoms with Gasteiger partial charge in [-0.1, -0.05) is 20.8 Å². The molecular formula is C13H19NO4Si. The second-order valence-electron chi connectivity index (χ2n) is 5.96. The molecule has 6 heteroatoms. The Labute approximate surface area is 113 Å². The van der Waals surface area contributed by atoms with E-state index in [-0.39, 0.29) is 16.3 Å². The number of nitro groups is 1. The van der Waals surface area contributed by atoms with Crippen molar-refractivity contribution in [3.8, 4) is 5.75 Å². The lowest BCUT2D eigenvalue weighted by molar-refractivity contribution is -0.385. The third-order valence-corrected chi connectivity index (χ3v) is 7.86. The summed E-state index contributed by atoms with van der Waals surface area (Å²) < 4.78 is 6.00. The third kappa shape index (κ3) is 3.41. The smallest absolute Gasteiger partial charge is 0.280 e. The summed E-state index contributed by atoms with van der Waals surface area (Å²) >= 11 is 0. The minimum Gasteiger partial charge on any atom is -0.543 e. The van der Waals surface area contributed by atoms with Crippen molar-refractivity contribution in [2.45, 2.75) is 38.9 Å².